The number of nitrogens with zero attached hydrogens (tertiary/aromatic N) is 2. The van der Waals surface area contributed by atoms with Crippen molar-refractivity contribution in [2.45, 2.75) is 39.3 Å². The van der Waals surface area contributed by atoms with Crippen LogP contribution >= 0.6 is 0 Å². The molecule has 3 aliphatic rings. The molecule has 5 rings (SSSR count). The number of amides is 3. The number of carbonyl (C=O) groups excluding carboxylic acids is 2. The quantitative estimate of drug-likeness (QED) is 0.773. The minimum Gasteiger partial charge on any atom is -0.487 e. The minimum atomic E-state index is -0.229. The molecule has 0 radical (unpaired) electrons. The first kappa shape index (κ1) is 21.4. The molecule has 0 spiro atoms. The van der Waals surface area contributed by atoms with Gasteiger partial charge in [0.05, 0.1) is 18.2 Å². The zero-order valence-electron chi connectivity index (χ0n) is 19.0. The summed E-state index contributed by atoms with van der Waals surface area (Å²) >= 11 is 0. The maximum Gasteiger partial charge on any atom is 0.324 e. The van der Waals surface area contributed by atoms with Gasteiger partial charge in [0.1, 0.15) is 11.9 Å². The molecule has 2 aromatic rings. The molecule has 2 atom stereocenters. The normalized spacial score (nSPS) is 21.3. The van der Waals surface area contributed by atoms with E-state index < -0.39 is 0 Å². The van der Waals surface area contributed by atoms with Gasteiger partial charge in [0.25, 0.3) is 0 Å². The van der Waals surface area contributed by atoms with Crippen molar-refractivity contribution in [3.8, 4) is 17.2 Å². The summed E-state index contributed by atoms with van der Waals surface area (Å²) in [6.45, 7) is 6.16. The minimum absolute atomic E-state index is 0.0308. The van der Waals surface area contributed by atoms with Gasteiger partial charge in [0.2, 0.25) is 12.7 Å². The lowest BCUT2D eigenvalue weighted by Gasteiger charge is -2.39. The van der Waals surface area contributed by atoms with Crippen molar-refractivity contribution in [3.05, 3.63) is 47.5 Å². The van der Waals surface area contributed by atoms with Crippen molar-refractivity contribution in [1.82, 2.24) is 10.2 Å². The lowest BCUT2D eigenvalue weighted by Crippen LogP contribution is -2.53. The van der Waals surface area contributed by atoms with Crippen molar-refractivity contribution >= 4 is 17.6 Å². The van der Waals surface area contributed by atoms with E-state index in [1.807, 2.05) is 50.2 Å². The number of likely N-dealkylation sites (tertiary alicyclic amines) is 1. The lowest BCUT2D eigenvalue weighted by molar-refractivity contribution is -0.126. The number of anilines is 1. The molecule has 2 unspecified atom stereocenters. The zero-order valence-corrected chi connectivity index (χ0v) is 19.0. The molecule has 3 heterocycles. The Labute approximate surface area is 193 Å². The van der Waals surface area contributed by atoms with Gasteiger partial charge in [-0.25, -0.2) is 4.79 Å². The van der Waals surface area contributed by atoms with E-state index in [0.717, 1.165) is 41.2 Å². The number of carbonyl (C=O) groups is 2. The van der Waals surface area contributed by atoms with E-state index in [4.69, 9.17) is 14.2 Å². The second-order valence-electron chi connectivity index (χ2n) is 8.98. The first-order chi connectivity index (χ1) is 16.0. The lowest BCUT2D eigenvalue weighted by atomic mass is 9.97. The first-order valence-electron chi connectivity index (χ1n) is 11.5. The Bertz CT molecular complexity index is 1070. The Morgan fingerprint density at radius 2 is 1.88 bits per heavy atom. The van der Waals surface area contributed by atoms with E-state index in [-0.39, 0.29) is 30.8 Å². The molecule has 3 amide bonds. The molecule has 1 N–H and O–H groups in total. The molecule has 8 heteroatoms. The van der Waals surface area contributed by atoms with Crippen LogP contribution in [0.25, 0.3) is 0 Å². The van der Waals surface area contributed by atoms with Gasteiger partial charge in [0, 0.05) is 19.6 Å². The summed E-state index contributed by atoms with van der Waals surface area (Å²) in [5.74, 6) is 1.89. The number of piperidine rings is 1. The molecular weight excluding hydrogens is 422 g/mol. The Balaban J connectivity index is 1.23. The number of hydrogen-bond donors (Lipinski definition) is 1. The van der Waals surface area contributed by atoms with E-state index in [1.54, 1.807) is 9.80 Å². The monoisotopic (exact) mass is 451 g/mol. The van der Waals surface area contributed by atoms with Crippen LogP contribution < -0.4 is 24.4 Å². The van der Waals surface area contributed by atoms with Gasteiger partial charge < -0.3 is 24.4 Å². The van der Waals surface area contributed by atoms with Gasteiger partial charge in [0.15, 0.2) is 11.5 Å². The summed E-state index contributed by atoms with van der Waals surface area (Å²) in [5.41, 5.74) is 2.82. The largest absolute Gasteiger partial charge is 0.487 e. The smallest absolute Gasteiger partial charge is 0.324 e. The molecule has 0 bridgehead atoms. The van der Waals surface area contributed by atoms with Crippen molar-refractivity contribution in [3.63, 3.8) is 0 Å². The molecule has 0 aliphatic carbocycles. The summed E-state index contributed by atoms with van der Waals surface area (Å²) in [7, 11) is 0. The SMILES string of the molecule is Cc1ccc2c(c1)N(C(=O)N1CCCC(C(=O)NCc3ccc4c(c3)OCO4)C1)CC(C)O2. The number of ether oxygens (including phenoxy) is 3. The third kappa shape index (κ3) is 4.42. The fourth-order valence-corrected chi connectivity index (χ4v) is 4.65. The van der Waals surface area contributed by atoms with E-state index in [1.165, 1.54) is 0 Å². The van der Waals surface area contributed by atoms with Crippen molar-refractivity contribution in [2.75, 3.05) is 31.3 Å². The highest BCUT2D eigenvalue weighted by Crippen LogP contribution is 2.35. The third-order valence-corrected chi connectivity index (χ3v) is 6.37. The van der Waals surface area contributed by atoms with E-state index >= 15 is 0 Å². The first-order valence-corrected chi connectivity index (χ1v) is 11.5. The van der Waals surface area contributed by atoms with Gasteiger partial charge in [-0.05, 0) is 62.1 Å². The van der Waals surface area contributed by atoms with Crippen molar-refractivity contribution < 1.29 is 23.8 Å². The highest BCUT2D eigenvalue weighted by molar-refractivity contribution is 5.95. The molecule has 33 heavy (non-hydrogen) atoms. The maximum atomic E-state index is 13.5. The zero-order chi connectivity index (χ0) is 22.9. The average Bonchev–Trinajstić information content (AvgIpc) is 3.30. The van der Waals surface area contributed by atoms with Crippen molar-refractivity contribution in [1.29, 1.82) is 0 Å². The van der Waals surface area contributed by atoms with Crippen LogP contribution in [0.5, 0.6) is 17.2 Å². The van der Waals surface area contributed by atoms with Crippen LogP contribution in [-0.4, -0.2) is 49.4 Å². The van der Waals surface area contributed by atoms with E-state index in [2.05, 4.69) is 5.32 Å². The molecule has 174 valence electrons. The van der Waals surface area contributed by atoms with Gasteiger partial charge in [-0.15, -0.1) is 0 Å². The van der Waals surface area contributed by atoms with Crippen LogP contribution in [0.3, 0.4) is 0 Å². The molecule has 2 aromatic carbocycles. The van der Waals surface area contributed by atoms with Crippen LogP contribution in [-0.2, 0) is 11.3 Å². The number of rotatable bonds is 3. The molecule has 8 nitrogen and oxygen atoms in total. The second-order valence-corrected chi connectivity index (χ2v) is 8.98. The molecular formula is C25H29N3O5. The number of nitrogens with one attached hydrogen (secondary N) is 1. The van der Waals surface area contributed by atoms with E-state index in [0.29, 0.717) is 31.9 Å². The third-order valence-electron chi connectivity index (χ3n) is 6.37. The van der Waals surface area contributed by atoms with Gasteiger partial charge in [-0.2, -0.15) is 0 Å². The summed E-state index contributed by atoms with van der Waals surface area (Å²) in [6.07, 6.45) is 1.48. The number of benzene rings is 2. The van der Waals surface area contributed by atoms with Crippen molar-refractivity contribution in [2.24, 2.45) is 5.92 Å². The summed E-state index contributed by atoms with van der Waals surface area (Å²) in [4.78, 5) is 30.0. The molecule has 0 saturated carbocycles. The fourth-order valence-electron chi connectivity index (χ4n) is 4.65. The molecule has 3 aliphatic heterocycles. The van der Waals surface area contributed by atoms with Crippen LogP contribution in [0.1, 0.15) is 30.9 Å². The Hall–Kier alpha value is -3.42. The highest BCUT2D eigenvalue weighted by Gasteiger charge is 2.34. The van der Waals surface area contributed by atoms with Gasteiger partial charge >= 0.3 is 6.03 Å². The number of urea groups is 1. The van der Waals surface area contributed by atoms with Crippen LogP contribution in [0, 0.1) is 12.8 Å². The summed E-state index contributed by atoms with van der Waals surface area (Å²) in [5, 5.41) is 3.02. The van der Waals surface area contributed by atoms with Crippen LogP contribution in [0.2, 0.25) is 0 Å². The summed E-state index contributed by atoms with van der Waals surface area (Å²) < 4.78 is 16.7. The van der Waals surface area contributed by atoms with Crippen LogP contribution in [0.15, 0.2) is 36.4 Å². The Morgan fingerprint density at radius 1 is 1.06 bits per heavy atom. The molecule has 0 aromatic heterocycles. The van der Waals surface area contributed by atoms with Gasteiger partial charge in [-0.3, -0.25) is 9.69 Å². The predicted molar refractivity (Wildman–Crippen MR) is 123 cm³/mol. The number of aryl methyl sites for hydroxylation is 1. The van der Waals surface area contributed by atoms with E-state index in [9.17, 15) is 9.59 Å². The Kier molecular flexibility index (Phi) is 5.74. The fraction of sp³-hybridized carbons (Fsp3) is 0.440. The van der Waals surface area contributed by atoms with Crippen LogP contribution in [0.4, 0.5) is 10.5 Å². The number of fused-ring (bicyclic) bond motifs is 2. The second kappa shape index (κ2) is 8.84. The summed E-state index contributed by atoms with van der Waals surface area (Å²) in [6, 6.07) is 11.5. The Morgan fingerprint density at radius 3 is 2.76 bits per heavy atom. The predicted octanol–water partition coefficient (Wildman–Crippen LogP) is 3.46. The molecule has 1 saturated heterocycles. The maximum absolute atomic E-state index is 13.5. The van der Waals surface area contributed by atoms with Gasteiger partial charge in [-0.1, -0.05) is 12.1 Å². The number of hydrogen-bond acceptors (Lipinski definition) is 5. The topological polar surface area (TPSA) is 80.3 Å². The highest BCUT2D eigenvalue weighted by atomic mass is 16.7. The molecule has 1 fully saturated rings. The average molecular weight is 452 g/mol. The standard InChI is InChI=1S/C25H29N3O5/c1-16-5-7-21-20(10-16)28(13-17(2)33-21)25(30)27-9-3-4-19(14-27)24(29)26-12-18-6-8-22-23(11-18)32-15-31-22/h5-8,10-11,17,19H,3-4,9,12-15H2,1-2H3,(H,26,29).